The average molecular weight is 226 g/mol. The molecule has 3 nitrogen and oxygen atoms in total. The van der Waals surface area contributed by atoms with Gasteiger partial charge in [-0.15, -0.1) is 5.10 Å². The van der Waals surface area contributed by atoms with Gasteiger partial charge in [0.2, 0.25) is 0 Å². The van der Waals surface area contributed by atoms with Crippen molar-refractivity contribution in [2.24, 2.45) is 0 Å². The molecular weight excluding hydrogens is 219 g/mol. The number of nitrogens with one attached hydrogen (secondary N) is 1. The van der Waals surface area contributed by atoms with E-state index in [2.05, 4.69) is 15.5 Å². The number of rotatable bonds is 2. The molecule has 0 aliphatic heterocycles. The standard InChI is InChI=1S/C7H7ClF3N3/c1-4(7(9,10)11)13-5-2-6(8)14-12-3-5/h2-4H,1H3,(H,13,14). The Morgan fingerprint density at radius 2 is 2.14 bits per heavy atom. The third-order valence-corrected chi connectivity index (χ3v) is 1.68. The lowest BCUT2D eigenvalue weighted by molar-refractivity contribution is -0.138. The van der Waals surface area contributed by atoms with E-state index >= 15 is 0 Å². The molecule has 0 aliphatic rings. The van der Waals surface area contributed by atoms with Crippen molar-refractivity contribution >= 4 is 17.3 Å². The normalized spacial score (nSPS) is 13.8. The van der Waals surface area contributed by atoms with Gasteiger partial charge in [0.25, 0.3) is 0 Å². The Hall–Kier alpha value is -1.04. The third kappa shape index (κ3) is 3.02. The molecular formula is C7H7ClF3N3. The second-order valence-corrected chi connectivity index (χ2v) is 3.06. The summed E-state index contributed by atoms with van der Waals surface area (Å²) >= 11 is 5.45. The summed E-state index contributed by atoms with van der Waals surface area (Å²) in [5.74, 6) is 0. The highest BCUT2D eigenvalue weighted by molar-refractivity contribution is 6.29. The zero-order chi connectivity index (χ0) is 10.8. The molecule has 1 unspecified atom stereocenters. The number of halogens is 4. The van der Waals surface area contributed by atoms with Crippen LogP contribution in [0.1, 0.15) is 6.92 Å². The van der Waals surface area contributed by atoms with Crippen molar-refractivity contribution in [1.82, 2.24) is 10.2 Å². The van der Waals surface area contributed by atoms with E-state index in [1.165, 1.54) is 12.3 Å². The molecule has 1 aromatic rings. The average Bonchev–Trinajstić information content (AvgIpc) is 2.02. The molecule has 0 bridgehead atoms. The largest absolute Gasteiger partial charge is 0.408 e. The summed E-state index contributed by atoms with van der Waals surface area (Å²) in [6.07, 6.45) is -3.12. The van der Waals surface area contributed by atoms with Gasteiger partial charge in [-0.1, -0.05) is 11.6 Å². The van der Waals surface area contributed by atoms with Crippen LogP contribution < -0.4 is 5.32 Å². The molecule has 1 atom stereocenters. The van der Waals surface area contributed by atoms with Crippen molar-refractivity contribution in [2.45, 2.75) is 19.1 Å². The maximum atomic E-state index is 12.1. The monoisotopic (exact) mass is 225 g/mol. The van der Waals surface area contributed by atoms with E-state index in [0.717, 1.165) is 6.92 Å². The highest BCUT2D eigenvalue weighted by Crippen LogP contribution is 2.23. The summed E-state index contributed by atoms with van der Waals surface area (Å²) in [7, 11) is 0. The van der Waals surface area contributed by atoms with E-state index in [9.17, 15) is 13.2 Å². The Bertz CT molecular complexity index is 315. The van der Waals surface area contributed by atoms with Crippen LogP contribution in [-0.4, -0.2) is 22.4 Å². The number of anilines is 1. The number of hydrogen-bond acceptors (Lipinski definition) is 3. The van der Waals surface area contributed by atoms with Gasteiger partial charge in [0.05, 0.1) is 11.9 Å². The first-order chi connectivity index (χ1) is 6.39. The van der Waals surface area contributed by atoms with Crippen LogP contribution in [0, 0.1) is 0 Å². The second-order valence-electron chi connectivity index (χ2n) is 2.67. The minimum Gasteiger partial charge on any atom is -0.373 e. The van der Waals surface area contributed by atoms with Crippen molar-refractivity contribution in [2.75, 3.05) is 5.32 Å². The van der Waals surface area contributed by atoms with E-state index in [0.29, 0.717) is 0 Å². The topological polar surface area (TPSA) is 37.8 Å². The first kappa shape index (κ1) is 11.0. The SMILES string of the molecule is CC(Nc1cnnc(Cl)c1)C(F)(F)F. The highest BCUT2D eigenvalue weighted by atomic mass is 35.5. The number of hydrogen-bond donors (Lipinski definition) is 1. The quantitative estimate of drug-likeness (QED) is 0.840. The van der Waals surface area contributed by atoms with Crippen LogP contribution in [0.3, 0.4) is 0 Å². The van der Waals surface area contributed by atoms with Crippen LogP contribution in [-0.2, 0) is 0 Å². The van der Waals surface area contributed by atoms with Crippen molar-refractivity contribution in [3.05, 3.63) is 17.4 Å². The molecule has 1 heterocycles. The number of nitrogens with zero attached hydrogens (tertiary/aromatic N) is 2. The summed E-state index contributed by atoms with van der Waals surface area (Å²) in [4.78, 5) is 0. The van der Waals surface area contributed by atoms with E-state index in [-0.39, 0.29) is 10.8 Å². The van der Waals surface area contributed by atoms with Crippen LogP contribution in [0.4, 0.5) is 18.9 Å². The molecule has 0 fully saturated rings. The molecule has 0 saturated carbocycles. The molecule has 1 rings (SSSR count). The summed E-state index contributed by atoms with van der Waals surface area (Å²) in [6.45, 7) is 1.01. The molecule has 1 aromatic heterocycles. The van der Waals surface area contributed by atoms with Gasteiger partial charge >= 0.3 is 6.18 Å². The third-order valence-electron chi connectivity index (χ3n) is 1.50. The smallest absolute Gasteiger partial charge is 0.373 e. The molecule has 78 valence electrons. The van der Waals surface area contributed by atoms with Crippen LogP contribution >= 0.6 is 11.6 Å². The Balaban J connectivity index is 2.70. The van der Waals surface area contributed by atoms with Gasteiger partial charge in [0.1, 0.15) is 6.04 Å². The lowest BCUT2D eigenvalue weighted by Crippen LogP contribution is -2.33. The fraction of sp³-hybridized carbons (Fsp3) is 0.429. The van der Waals surface area contributed by atoms with Gasteiger partial charge in [-0.25, -0.2) is 0 Å². The zero-order valence-electron chi connectivity index (χ0n) is 7.14. The van der Waals surface area contributed by atoms with Crippen molar-refractivity contribution in [3.8, 4) is 0 Å². The molecule has 0 radical (unpaired) electrons. The Kier molecular flexibility index (Phi) is 3.15. The minimum absolute atomic E-state index is 0.0457. The van der Waals surface area contributed by atoms with Crippen LogP contribution in [0.2, 0.25) is 5.15 Å². The van der Waals surface area contributed by atoms with E-state index in [4.69, 9.17) is 11.6 Å². The lowest BCUT2D eigenvalue weighted by atomic mass is 10.3. The maximum absolute atomic E-state index is 12.1. The van der Waals surface area contributed by atoms with Gasteiger partial charge in [-0.2, -0.15) is 18.3 Å². The predicted octanol–water partition coefficient (Wildman–Crippen LogP) is 2.49. The Morgan fingerprint density at radius 3 is 2.64 bits per heavy atom. The Labute approximate surface area is 83.3 Å². The molecule has 0 saturated heterocycles. The molecule has 0 aromatic carbocycles. The maximum Gasteiger partial charge on any atom is 0.408 e. The number of aromatic nitrogens is 2. The fourth-order valence-electron chi connectivity index (χ4n) is 0.751. The Morgan fingerprint density at radius 1 is 1.50 bits per heavy atom. The van der Waals surface area contributed by atoms with Gasteiger partial charge in [0.15, 0.2) is 5.15 Å². The highest BCUT2D eigenvalue weighted by Gasteiger charge is 2.35. The van der Waals surface area contributed by atoms with Crippen LogP contribution in [0.25, 0.3) is 0 Å². The van der Waals surface area contributed by atoms with Gasteiger partial charge in [-0.05, 0) is 6.92 Å². The van der Waals surface area contributed by atoms with Crippen molar-refractivity contribution in [1.29, 1.82) is 0 Å². The second kappa shape index (κ2) is 4.00. The van der Waals surface area contributed by atoms with Crippen LogP contribution in [0.15, 0.2) is 12.3 Å². The molecule has 0 amide bonds. The van der Waals surface area contributed by atoms with Crippen LogP contribution in [0.5, 0.6) is 0 Å². The van der Waals surface area contributed by atoms with E-state index < -0.39 is 12.2 Å². The summed E-state index contributed by atoms with van der Waals surface area (Å²) < 4.78 is 36.3. The van der Waals surface area contributed by atoms with Gasteiger partial charge in [0, 0.05) is 6.07 Å². The van der Waals surface area contributed by atoms with E-state index in [1.807, 2.05) is 0 Å². The van der Waals surface area contributed by atoms with Gasteiger partial charge in [-0.3, -0.25) is 0 Å². The number of alkyl halides is 3. The van der Waals surface area contributed by atoms with Crippen molar-refractivity contribution in [3.63, 3.8) is 0 Å². The first-order valence-corrected chi connectivity index (χ1v) is 4.09. The summed E-state index contributed by atoms with van der Waals surface area (Å²) in [5.41, 5.74) is 0.190. The minimum atomic E-state index is -4.30. The van der Waals surface area contributed by atoms with Gasteiger partial charge < -0.3 is 5.32 Å². The fourth-order valence-corrected chi connectivity index (χ4v) is 0.913. The first-order valence-electron chi connectivity index (χ1n) is 3.71. The summed E-state index contributed by atoms with van der Waals surface area (Å²) in [6, 6.07) is -0.376. The molecule has 1 N–H and O–H groups in total. The summed E-state index contributed by atoms with van der Waals surface area (Å²) in [5, 5.41) is 9.07. The lowest BCUT2D eigenvalue weighted by Gasteiger charge is -2.17. The van der Waals surface area contributed by atoms with E-state index in [1.54, 1.807) is 0 Å². The van der Waals surface area contributed by atoms with Crippen molar-refractivity contribution < 1.29 is 13.2 Å². The predicted molar refractivity (Wildman–Crippen MR) is 46.2 cm³/mol. The molecule has 7 heteroatoms. The zero-order valence-corrected chi connectivity index (χ0v) is 7.89. The molecule has 0 aliphatic carbocycles. The molecule has 0 spiro atoms. The molecule has 14 heavy (non-hydrogen) atoms.